The number of methoxy groups -OCH3 is 2. The number of nitrogens with zero attached hydrogens (tertiary/aromatic N) is 6. The number of carbonyl (C=O) groups is 4. The first-order chi connectivity index (χ1) is 26.6. The van der Waals surface area contributed by atoms with Crippen molar-refractivity contribution in [3.05, 3.63) is 100.0 Å². The van der Waals surface area contributed by atoms with E-state index in [1.54, 1.807) is 50.5 Å². The van der Waals surface area contributed by atoms with Crippen molar-refractivity contribution in [1.82, 2.24) is 34.4 Å². The summed E-state index contributed by atoms with van der Waals surface area (Å²) in [5.41, 5.74) is 3.80. The number of pyridine rings is 2. The van der Waals surface area contributed by atoms with Gasteiger partial charge in [0.05, 0.1) is 48.5 Å². The molecular weight excluding hydrogens is 706 g/mol. The minimum atomic E-state index is -1.02. The Kier molecular flexibility index (Phi) is 9.38. The maximum Gasteiger partial charge on any atom is 0.262 e. The number of amides is 4. The molecule has 0 saturated carbocycles. The van der Waals surface area contributed by atoms with Crippen LogP contribution in [-0.2, 0) is 29.8 Å². The van der Waals surface area contributed by atoms with Gasteiger partial charge >= 0.3 is 0 Å². The molecular formula is C40H39N7O8. The normalized spacial score (nSPS) is 17.8. The molecule has 3 aromatic heterocycles. The first-order valence-corrected chi connectivity index (χ1v) is 18.1. The summed E-state index contributed by atoms with van der Waals surface area (Å²) < 4.78 is 21.3. The molecule has 6 heterocycles. The number of fused-ring (bicyclic) bond motifs is 2. The van der Waals surface area contributed by atoms with E-state index >= 15 is 0 Å². The predicted molar refractivity (Wildman–Crippen MR) is 199 cm³/mol. The van der Waals surface area contributed by atoms with Gasteiger partial charge < -0.3 is 18.8 Å². The number of piperidine rings is 2. The molecule has 15 heteroatoms. The van der Waals surface area contributed by atoms with Crippen molar-refractivity contribution in [1.29, 1.82) is 0 Å². The van der Waals surface area contributed by atoms with Crippen LogP contribution in [-0.4, -0.2) is 86.1 Å². The first kappa shape index (κ1) is 35.7. The smallest absolute Gasteiger partial charge is 0.262 e. The molecule has 282 valence electrons. The lowest BCUT2D eigenvalue weighted by Crippen LogP contribution is -2.54. The number of benzene rings is 2. The summed E-state index contributed by atoms with van der Waals surface area (Å²) in [6.07, 6.45) is 10.8. The largest absolute Gasteiger partial charge is 0.496 e. The highest BCUT2D eigenvalue weighted by Crippen LogP contribution is 2.39. The molecule has 5 aromatic rings. The van der Waals surface area contributed by atoms with Crippen molar-refractivity contribution >= 4 is 34.4 Å². The Morgan fingerprint density at radius 3 is 2.31 bits per heavy atom. The van der Waals surface area contributed by atoms with Crippen LogP contribution in [0.3, 0.4) is 0 Å². The molecule has 2 aromatic carbocycles. The maximum atomic E-state index is 13.2. The van der Waals surface area contributed by atoms with Crippen LogP contribution in [0.1, 0.15) is 63.6 Å². The second-order valence-corrected chi connectivity index (χ2v) is 14.0. The summed E-state index contributed by atoms with van der Waals surface area (Å²) in [6.45, 7) is 2.51. The van der Waals surface area contributed by atoms with E-state index in [-0.39, 0.29) is 42.2 Å². The van der Waals surface area contributed by atoms with Gasteiger partial charge in [-0.15, -0.1) is 0 Å². The topological polar surface area (TPSA) is 167 Å². The molecule has 2 fully saturated rings. The van der Waals surface area contributed by atoms with Crippen LogP contribution in [0.15, 0.2) is 72.2 Å². The van der Waals surface area contributed by atoms with E-state index in [9.17, 15) is 24.0 Å². The molecule has 55 heavy (non-hydrogen) atoms. The summed E-state index contributed by atoms with van der Waals surface area (Å²) in [5.74, 6) is -0.398. The van der Waals surface area contributed by atoms with Gasteiger partial charge in [-0.25, -0.2) is 0 Å². The number of hydrogen-bond donors (Lipinski definition) is 1. The molecule has 3 aliphatic heterocycles. The van der Waals surface area contributed by atoms with Crippen LogP contribution < -0.4 is 25.1 Å². The van der Waals surface area contributed by atoms with Crippen LogP contribution >= 0.6 is 0 Å². The fourth-order valence-corrected chi connectivity index (χ4v) is 7.76. The molecule has 0 aliphatic carbocycles. The van der Waals surface area contributed by atoms with Crippen LogP contribution in [0.5, 0.6) is 17.2 Å². The monoisotopic (exact) mass is 745 g/mol. The minimum Gasteiger partial charge on any atom is -0.496 e. The van der Waals surface area contributed by atoms with Gasteiger partial charge in [0.25, 0.3) is 17.4 Å². The average Bonchev–Trinajstić information content (AvgIpc) is 3.77. The van der Waals surface area contributed by atoms with E-state index in [0.717, 1.165) is 58.5 Å². The van der Waals surface area contributed by atoms with Gasteiger partial charge in [-0.1, -0.05) is 0 Å². The van der Waals surface area contributed by atoms with Gasteiger partial charge in [0.1, 0.15) is 29.9 Å². The summed E-state index contributed by atoms with van der Waals surface area (Å²) >= 11 is 0. The lowest BCUT2D eigenvalue weighted by atomic mass is 9.98. The molecule has 1 atom stereocenters. The van der Waals surface area contributed by atoms with E-state index < -0.39 is 29.7 Å². The predicted octanol–water partition coefficient (Wildman–Crippen LogP) is 3.63. The highest BCUT2D eigenvalue weighted by Gasteiger charge is 2.44. The number of rotatable bonds is 10. The number of aromatic nitrogens is 4. The number of hydrogen-bond acceptors (Lipinski definition) is 11. The molecule has 2 saturated heterocycles. The van der Waals surface area contributed by atoms with Crippen molar-refractivity contribution in [3.8, 4) is 28.4 Å². The van der Waals surface area contributed by atoms with Crippen molar-refractivity contribution in [2.75, 3.05) is 27.3 Å². The molecule has 0 bridgehead atoms. The molecule has 1 N–H and O–H groups in total. The molecule has 8 rings (SSSR count). The quantitative estimate of drug-likeness (QED) is 0.208. The Hall–Kier alpha value is -6.35. The number of likely N-dealkylation sites (tertiary alicyclic amines) is 1. The maximum absolute atomic E-state index is 13.2. The second-order valence-electron chi connectivity index (χ2n) is 14.0. The van der Waals surface area contributed by atoms with E-state index in [2.05, 4.69) is 20.3 Å². The van der Waals surface area contributed by atoms with Gasteiger partial charge in [-0.05, 0) is 66.6 Å². The highest BCUT2D eigenvalue weighted by molar-refractivity contribution is 6.23. The molecule has 0 spiro atoms. The van der Waals surface area contributed by atoms with Gasteiger partial charge in [0.2, 0.25) is 11.8 Å². The zero-order valence-corrected chi connectivity index (χ0v) is 30.6. The van der Waals surface area contributed by atoms with E-state index in [0.29, 0.717) is 29.2 Å². The van der Waals surface area contributed by atoms with E-state index in [1.807, 2.05) is 35.3 Å². The third-order valence-corrected chi connectivity index (χ3v) is 10.7. The minimum absolute atomic E-state index is 0.0578. The number of imide groups is 2. The summed E-state index contributed by atoms with van der Waals surface area (Å²) in [6, 6.07) is 9.68. The molecule has 0 radical (unpaired) electrons. The Bertz CT molecular complexity index is 2400. The van der Waals surface area contributed by atoms with Gasteiger partial charge in [0.15, 0.2) is 0 Å². The number of ether oxygens (including phenoxy) is 3. The lowest BCUT2D eigenvalue weighted by Gasteiger charge is -2.32. The highest BCUT2D eigenvalue weighted by atomic mass is 16.5. The van der Waals surface area contributed by atoms with Crippen molar-refractivity contribution in [2.24, 2.45) is 7.05 Å². The fraction of sp³-hybridized carbons (Fsp3) is 0.325. The lowest BCUT2D eigenvalue weighted by molar-refractivity contribution is -0.136. The molecule has 15 nitrogen and oxygen atoms in total. The average molecular weight is 746 g/mol. The van der Waals surface area contributed by atoms with Crippen LogP contribution in [0.4, 0.5) is 0 Å². The first-order valence-electron chi connectivity index (χ1n) is 18.1. The second kappa shape index (κ2) is 14.5. The fourth-order valence-electron chi connectivity index (χ4n) is 7.76. The van der Waals surface area contributed by atoms with Crippen molar-refractivity contribution < 1.29 is 33.4 Å². The summed E-state index contributed by atoms with van der Waals surface area (Å²) in [5, 5.41) is 8.18. The Morgan fingerprint density at radius 1 is 0.836 bits per heavy atom. The Balaban J connectivity index is 0.897. The third kappa shape index (κ3) is 6.60. The SMILES string of the molecule is COc1cc(-c2cn(C)c(=O)c3cnccc23)cc(OC)c1CN1CCC(n2cc(COc3ccc4c(c3)C(=O)N(C3CCC(=O)NC3=O)C4=O)cn2)CC1. The summed E-state index contributed by atoms with van der Waals surface area (Å²) in [7, 11) is 5.03. The van der Waals surface area contributed by atoms with Gasteiger partial charge in [-0.3, -0.25) is 48.8 Å². The van der Waals surface area contributed by atoms with Crippen molar-refractivity contribution in [2.45, 2.75) is 50.9 Å². The zero-order chi connectivity index (χ0) is 38.4. The standard InChI is InChI=1S/C40H39N7O8/c1-44-20-31(27-8-11-41-18-30(27)38(44)50)24-14-34(53-2)32(35(15-24)54-3)21-45-12-9-25(10-13-45)46-19-23(17-42-46)22-55-26-4-5-28-29(16-26)40(52)47(39(28)51)33-6-7-36(48)43-37(33)49/h4-5,8,11,14-20,25,33H,6-7,9-10,12-13,21-22H2,1-3H3,(H,43,48,49). The van der Waals surface area contributed by atoms with Crippen LogP contribution in [0.2, 0.25) is 0 Å². The third-order valence-electron chi connectivity index (χ3n) is 10.7. The van der Waals surface area contributed by atoms with E-state index in [1.165, 1.54) is 12.1 Å². The van der Waals surface area contributed by atoms with Gasteiger partial charge in [0, 0.05) is 69.0 Å². The van der Waals surface area contributed by atoms with Crippen molar-refractivity contribution in [3.63, 3.8) is 0 Å². The molecule has 3 aliphatic rings. The van der Waals surface area contributed by atoms with Gasteiger partial charge in [-0.2, -0.15) is 5.10 Å². The Morgan fingerprint density at radius 2 is 1.58 bits per heavy atom. The Labute approximate surface area is 315 Å². The van der Waals surface area contributed by atoms with E-state index in [4.69, 9.17) is 14.2 Å². The number of carbonyl (C=O) groups excluding carboxylic acids is 4. The number of aryl methyl sites for hydroxylation is 1. The summed E-state index contributed by atoms with van der Waals surface area (Å²) in [4.78, 5) is 70.4. The van der Waals surface area contributed by atoms with Crippen LogP contribution in [0.25, 0.3) is 21.9 Å². The molecule has 1 unspecified atom stereocenters. The van der Waals surface area contributed by atoms with Crippen LogP contribution in [0, 0.1) is 0 Å². The number of nitrogens with one attached hydrogen (secondary N) is 1. The zero-order valence-electron chi connectivity index (χ0n) is 30.6. The molecule has 4 amide bonds.